The molecular formula is C8H10N4. The van der Waals surface area contributed by atoms with Gasteiger partial charge < -0.3 is 0 Å². The Kier molecular flexibility index (Phi) is 1.78. The maximum absolute atomic E-state index is 8.68. The molecule has 4 nitrogen and oxygen atoms in total. The third-order valence-corrected chi connectivity index (χ3v) is 2.35. The molecule has 0 bridgehead atoms. The van der Waals surface area contributed by atoms with Gasteiger partial charge in [-0.1, -0.05) is 0 Å². The van der Waals surface area contributed by atoms with Gasteiger partial charge in [0.15, 0.2) is 0 Å². The van der Waals surface area contributed by atoms with Crippen LogP contribution in [0.2, 0.25) is 0 Å². The van der Waals surface area contributed by atoms with E-state index in [-0.39, 0.29) is 5.92 Å². The largest absolute Gasteiger partial charge is 0.198 e. The summed E-state index contributed by atoms with van der Waals surface area (Å²) in [6, 6.07) is 2.64. The third kappa shape index (κ3) is 1.18. The van der Waals surface area contributed by atoms with Crippen LogP contribution in [0.5, 0.6) is 0 Å². The zero-order valence-electron chi connectivity index (χ0n) is 6.72. The van der Waals surface area contributed by atoms with Crippen molar-refractivity contribution in [2.24, 2.45) is 5.92 Å². The first-order valence-corrected chi connectivity index (χ1v) is 4.15. The molecule has 1 saturated carbocycles. The molecule has 1 aliphatic rings. The minimum absolute atomic E-state index is 0.209. The van der Waals surface area contributed by atoms with Gasteiger partial charge in [-0.2, -0.15) is 20.3 Å². The van der Waals surface area contributed by atoms with Crippen molar-refractivity contribution < 1.29 is 0 Å². The molecule has 0 aromatic carbocycles. The standard InChI is InChI=1S/C8H10N4/c9-6-7-1-2-8(5-7)12-10-3-4-11-12/h3-4,7-8H,1-2,5H2. The van der Waals surface area contributed by atoms with Gasteiger partial charge in [-0.25, -0.2) is 0 Å². The van der Waals surface area contributed by atoms with Gasteiger partial charge in [0, 0.05) is 5.92 Å². The summed E-state index contributed by atoms with van der Waals surface area (Å²) in [5.41, 5.74) is 0. The summed E-state index contributed by atoms with van der Waals surface area (Å²) >= 11 is 0. The van der Waals surface area contributed by atoms with Crippen molar-refractivity contribution in [1.82, 2.24) is 15.0 Å². The van der Waals surface area contributed by atoms with E-state index in [1.54, 1.807) is 17.2 Å². The van der Waals surface area contributed by atoms with Gasteiger partial charge in [-0.05, 0) is 19.3 Å². The molecule has 0 radical (unpaired) electrons. The normalized spacial score (nSPS) is 28.6. The summed E-state index contributed by atoms with van der Waals surface area (Å²) < 4.78 is 0. The van der Waals surface area contributed by atoms with Gasteiger partial charge in [0.05, 0.1) is 24.5 Å². The molecule has 2 rings (SSSR count). The van der Waals surface area contributed by atoms with Crippen molar-refractivity contribution in [3.63, 3.8) is 0 Å². The zero-order valence-corrected chi connectivity index (χ0v) is 6.72. The molecule has 4 heteroatoms. The lowest BCUT2D eigenvalue weighted by Gasteiger charge is -2.06. The Morgan fingerprint density at radius 2 is 2.08 bits per heavy atom. The Hall–Kier alpha value is -1.37. The monoisotopic (exact) mass is 162 g/mol. The summed E-state index contributed by atoms with van der Waals surface area (Å²) in [6.45, 7) is 0. The molecule has 1 heterocycles. The molecule has 1 aromatic heterocycles. The van der Waals surface area contributed by atoms with Gasteiger partial charge in [-0.15, -0.1) is 0 Å². The second-order valence-corrected chi connectivity index (χ2v) is 3.14. The number of aromatic nitrogens is 3. The molecule has 0 N–H and O–H groups in total. The van der Waals surface area contributed by atoms with Crippen LogP contribution in [-0.4, -0.2) is 15.0 Å². The SMILES string of the molecule is N#CC1CCC(n2nccn2)C1. The van der Waals surface area contributed by atoms with Crippen LogP contribution in [0.4, 0.5) is 0 Å². The van der Waals surface area contributed by atoms with Crippen LogP contribution in [0.3, 0.4) is 0 Å². The van der Waals surface area contributed by atoms with Crippen molar-refractivity contribution >= 4 is 0 Å². The highest BCUT2D eigenvalue weighted by molar-refractivity contribution is 4.91. The molecular weight excluding hydrogens is 152 g/mol. The maximum atomic E-state index is 8.68. The van der Waals surface area contributed by atoms with Crippen LogP contribution in [0, 0.1) is 17.2 Å². The predicted octanol–water partition coefficient (Wildman–Crippen LogP) is 1.14. The Morgan fingerprint density at radius 3 is 2.67 bits per heavy atom. The lowest BCUT2D eigenvalue weighted by Crippen LogP contribution is -2.08. The van der Waals surface area contributed by atoms with Crippen LogP contribution < -0.4 is 0 Å². The number of hydrogen-bond acceptors (Lipinski definition) is 3. The molecule has 62 valence electrons. The topological polar surface area (TPSA) is 54.5 Å². The Balaban J connectivity index is 2.06. The molecule has 0 spiro atoms. The van der Waals surface area contributed by atoms with Crippen LogP contribution in [-0.2, 0) is 0 Å². The van der Waals surface area contributed by atoms with Gasteiger partial charge in [0.2, 0.25) is 0 Å². The zero-order chi connectivity index (χ0) is 8.39. The molecule has 0 saturated heterocycles. The van der Waals surface area contributed by atoms with E-state index < -0.39 is 0 Å². The Labute approximate surface area is 70.8 Å². The number of hydrogen-bond donors (Lipinski definition) is 0. The van der Waals surface area contributed by atoms with E-state index in [0.717, 1.165) is 19.3 Å². The lowest BCUT2D eigenvalue weighted by atomic mass is 10.1. The van der Waals surface area contributed by atoms with Crippen LogP contribution in [0.15, 0.2) is 12.4 Å². The quantitative estimate of drug-likeness (QED) is 0.622. The number of nitrogens with zero attached hydrogens (tertiary/aromatic N) is 4. The van der Waals surface area contributed by atoms with E-state index in [1.807, 2.05) is 0 Å². The summed E-state index contributed by atoms with van der Waals surface area (Å²) in [5, 5.41) is 16.8. The molecule has 2 atom stereocenters. The average molecular weight is 162 g/mol. The molecule has 0 amide bonds. The van der Waals surface area contributed by atoms with Crippen molar-refractivity contribution in [1.29, 1.82) is 5.26 Å². The van der Waals surface area contributed by atoms with E-state index in [0.29, 0.717) is 6.04 Å². The third-order valence-electron chi connectivity index (χ3n) is 2.35. The van der Waals surface area contributed by atoms with Crippen molar-refractivity contribution in [3.05, 3.63) is 12.4 Å². The first-order valence-electron chi connectivity index (χ1n) is 4.15. The van der Waals surface area contributed by atoms with Gasteiger partial charge in [0.25, 0.3) is 0 Å². The molecule has 1 aliphatic carbocycles. The first-order chi connectivity index (χ1) is 5.90. The first kappa shape index (κ1) is 7.29. The van der Waals surface area contributed by atoms with Crippen molar-refractivity contribution in [2.45, 2.75) is 25.3 Å². The Morgan fingerprint density at radius 1 is 1.33 bits per heavy atom. The fourth-order valence-electron chi connectivity index (χ4n) is 1.70. The second kappa shape index (κ2) is 2.94. The van der Waals surface area contributed by atoms with Gasteiger partial charge in [0.1, 0.15) is 0 Å². The van der Waals surface area contributed by atoms with Crippen molar-refractivity contribution in [2.75, 3.05) is 0 Å². The highest BCUT2D eigenvalue weighted by Gasteiger charge is 2.26. The number of rotatable bonds is 1. The summed E-state index contributed by atoms with van der Waals surface area (Å²) in [7, 11) is 0. The van der Waals surface area contributed by atoms with Crippen LogP contribution >= 0.6 is 0 Å². The molecule has 0 aliphatic heterocycles. The maximum Gasteiger partial charge on any atom is 0.0729 e. The fourth-order valence-corrected chi connectivity index (χ4v) is 1.70. The average Bonchev–Trinajstić information content (AvgIpc) is 2.75. The van der Waals surface area contributed by atoms with Crippen LogP contribution in [0.25, 0.3) is 0 Å². The molecule has 2 unspecified atom stereocenters. The Bertz CT molecular complexity index is 285. The van der Waals surface area contributed by atoms with Crippen LogP contribution in [0.1, 0.15) is 25.3 Å². The highest BCUT2D eigenvalue weighted by Crippen LogP contribution is 2.32. The second-order valence-electron chi connectivity index (χ2n) is 3.14. The van der Waals surface area contributed by atoms with E-state index >= 15 is 0 Å². The summed E-state index contributed by atoms with van der Waals surface area (Å²) in [4.78, 5) is 1.72. The van der Waals surface area contributed by atoms with E-state index in [1.165, 1.54) is 0 Å². The minimum atomic E-state index is 0.209. The molecule has 12 heavy (non-hydrogen) atoms. The fraction of sp³-hybridized carbons (Fsp3) is 0.625. The molecule has 1 fully saturated rings. The lowest BCUT2D eigenvalue weighted by molar-refractivity contribution is 0.407. The van der Waals surface area contributed by atoms with E-state index in [9.17, 15) is 0 Å². The van der Waals surface area contributed by atoms with E-state index in [2.05, 4.69) is 16.3 Å². The smallest absolute Gasteiger partial charge is 0.0729 e. The highest BCUT2D eigenvalue weighted by atomic mass is 15.5. The van der Waals surface area contributed by atoms with Gasteiger partial charge in [-0.3, -0.25) is 0 Å². The predicted molar refractivity (Wildman–Crippen MR) is 42.0 cm³/mol. The number of nitriles is 1. The molecule has 1 aromatic rings. The summed E-state index contributed by atoms with van der Waals surface area (Å²) in [6.07, 6.45) is 6.29. The van der Waals surface area contributed by atoms with Gasteiger partial charge >= 0.3 is 0 Å². The van der Waals surface area contributed by atoms with Crippen molar-refractivity contribution in [3.8, 4) is 6.07 Å². The van der Waals surface area contributed by atoms with E-state index in [4.69, 9.17) is 5.26 Å². The summed E-state index contributed by atoms with van der Waals surface area (Å²) in [5.74, 6) is 0.209. The minimum Gasteiger partial charge on any atom is -0.198 e.